The summed E-state index contributed by atoms with van der Waals surface area (Å²) >= 11 is 1.58. The molecule has 1 aromatic carbocycles. The lowest BCUT2D eigenvalue weighted by molar-refractivity contribution is 0.0511. The second-order valence-corrected chi connectivity index (χ2v) is 8.00. The van der Waals surface area contributed by atoms with Gasteiger partial charge in [-0.25, -0.2) is 19.8 Å². The molecule has 1 atom stereocenters. The quantitative estimate of drug-likeness (QED) is 0.645. The normalized spacial score (nSPS) is 16.0. The summed E-state index contributed by atoms with van der Waals surface area (Å²) in [6.45, 7) is 4.40. The minimum Gasteiger partial charge on any atom is -0.491 e. The van der Waals surface area contributed by atoms with Crippen molar-refractivity contribution >= 4 is 17.2 Å². The third-order valence-corrected chi connectivity index (χ3v) is 5.45. The molecule has 4 rings (SSSR count). The Morgan fingerprint density at radius 2 is 2.13 bits per heavy atom. The van der Waals surface area contributed by atoms with Crippen molar-refractivity contribution in [1.29, 1.82) is 0 Å². The van der Waals surface area contributed by atoms with E-state index in [0.29, 0.717) is 36.4 Å². The fraction of sp³-hybridized carbons (Fsp3) is 0.286. The molecule has 0 aliphatic carbocycles. The molecule has 7 nitrogen and oxygen atoms in total. The highest BCUT2D eigenvalue weighted by Gasteiger charge is 2.20. The van der Waals surface area contributed by atoms with Gasteiger partial charge in [-0.1, -0.05) is 0 Å². The van der Waals surface area contributed by atoms with E-state index in [1.165, 1.54) is 12.1 Å². The molecule has 0 radical (unpaired) electrons. The molecular weight excluding hydrogens is 407 g/mol. The number of hydrogen-bond donors (Lipinski definition) is 1. The van der Waals surface area contributed by atoms with Gasteiger partial charge >= 0.3 is 0 Å². The van der Waals surface area contributed by atoms with Gasteiger partial charge in [0.2, 0.25) is 5.88 Å². The number of nitrogens with zero attached hydrogens (tertiary/aromatic N) is 3. The van der Waals surface area contributed by atoms with Gasteiger partial charge in [-0.2, -0.15) is 0 Å². The van der Waals surface area contributed by atoms with E-state index in [-0.39, 0.29) is 11.9 Å². The standard InChI is InChI=1S/C21H21FN4O3S/c1-12-8-14(22)4-7-18(12)28-10-15-11-29-26-20(24-15)17-6-5-16(21(25-17)27-3)19-9-23-13(2)30-19/h4-9,15H,10-11H2,1-3H3,(H,24,26)/t15-/m0/s1. The van der Waals surface area contributed by atoms with Crippen LogP contribution in [0, 0.1) is 19.7 Å². The third kappa shape index (κ3) is 4.42. The van der Waals surface area contributed by atoms with E-state index in [4.69, 9.17) is 14.3 Å². The first-order chi connectivity index (χ1) is 14.5. The molecule has 2 aromatic heterocycles. The van der Waals surface area contributed by atoms with E-state index < -0.39 is 0 Å². The largest absolute Gasteiger partial charge is 0.491 e. The predicted octanol–water partition coefficient (Wildman–Crippen LogP) is 3.70. The van der Waals surface area contributed by atoms with Gasteiger partial charge < -0.3 is 9.47 Å². The van der Waals surface area contributed by atoms with Gasteiger partial charge in [0, 0.05) is 6.20 Å². The number of thiazole rings is 1. The highest BCUT2D eigenvalue weighted by Crippen LogP contribution is 2.32. The number of aryl methyl sites for hydroxylation is 2. The molecule has 0 saturated heterocycles. The van der Waals surface area contributed by atoms with Gasteiger partial charge in [0.25, 0.3) is 0 Å². The summed E-state index contributed by atoms with van der Waals surface area (Å²) in [5.41, 5.74) is 5.01. The van der Waals surface area contributed by atoms with Gasteiger partial charge in [0.1, 0.15) is 36.5 Å². The fourth-order valence-corrected chi connectivity index (χ4v) is 3.81. The van der Waals surface area contributed by atoms with Crippen LogP contribution in [-0.2, 0) is 4.84 Å². The van der Waals surface area contributed by atoms with E-state index in [2.05, 4.69) is 20.4 Å². The molecule has 0 bridgehead atoms. The van der Waals surface area contributed by atoms with E-state index in [1.54, 1.807) is 31.4 Å². The lowest BCUT2D eigenvalue weighted by Gasteiger charge is -2.22. The van der Waals surface area contributed by atoms with Gasteiger partial charge in [-0.3, -0.25) is 9.83 Å². The topological polar surface area (TPSA) is 77.9 Å². The van der Waals surface area contributed by atoms with Crippen LogP contribution in [0.25, 0.3) is 10.4 Å². The Balaban J connectivity index is 1.52. The molecule has 3 aromatic rings. The van der Waals surface area contributed by atoms with Gasteiger partial charge in [-0.15, -0.1) is 11.3 Å². The summed E-state index contributed by atoms with van der Waals surface area (Å²) in [5.74, 6) is 1.31. The highest BCUT2D eigenvalue weighted by molar-refractivity contribution is 7.15. The molecule has 30 heavy (non-hydrogen) atoms. The number of nitrogens with one attached hydrogen (secondary N) is 1. The maximum absolute atomic E-state index is 13.3. The Bertz CT molecular complexity index is 1090. The van der Waals surface area contributed by atoms with E-state index in [0.717, 1.165) is 21.0 Å². The van der Waals surface area contributed by atoms with E-state index in [9.17, 15) is 4.39 Å². The molecule has 0 amide bonds. The summed E-state index contributed by atoms with van der Waals surface area (Å²) in [5, 5.41) is 0.974. The Hall–Kier alpha value is -3.04. The van der Waals surface area contributed by atoms with Crippen LogP contribution in [0.15, 0.2) is 41.5 Å². The number of methoxy groups -OCH3 is 1. The molecule has 9 heteroatoms. The van der Waals surface area contributed by atoms with Crippen LogP contribution in [0.3, 0.4) is 0 Å². The Labute approximate surface area is 177 Å². The zero-order valence-corrected chi connectivity index (χ0v) is 17.6. The van der Waals surface area contributed by atoms with Crippen molar-refractivity contribution in [2.24, 2.45) is 4.99 Å². The Morgan fingerprint density at radius 1 is 1.27 bits per heavy atom. The number of benzene rings is 1. The Morgan fingerprint density at radius 3 is 2.87 bits per heavy atom. The first-order valence-corrected chi connectivity index (χ1v) is 10.2. The fourth-order valence-electron chi connectivity index (χ4n) is 3.02. The van der Waals surface area contributed by atoms with Crippen molar-refractivity contribution in [3.05, 3.63) is 58.6 Å². The number of hydrogen-bond acceptors (Lipinski definition) is 8. The molecule has 156 valence electrons. The number of pyridine rings is 1. The molecule has 1 aliphatic heterocycles. The van der Waals surface area contributed by atoms with E-state index >= 15 is 0 Å². The van der Waals surface area contributed by atoms with Crippen LogP contribution >= 0.6 is 11.3 Å². The molecule has 0 saturated carbocycles. The highest BCUT2D eigenvalue weighted by atomic mass is 32.1. The molecule has 0 spiro atoms. The minimum absolute atomic E-state index is 0.234. The average molecular weight is 428 g/mol. The maximum Gasteiger partial charge on any atom is 0.222 e. The molecule has 1 aliphatic rings. The van der Waals surface area contributed by atoms with Crippen LogP contribution in [0.4, 0.5) is 4.39 Å². The van der Waals surface area contributed by atoms with Gasteiger partial charge in [0.15, 0.2) is 5.84 Å². The molecule has 0 unspecified atom stereocenters. The monoisotopic (exact) mass is 428 g/mol. The lowest BCUT2D eigenvalue weighted by Crippen LogP contribution is -2.38. The third-order valence-electron chi connectivity index (χ3n) is 4.51. The summed E-state index contributed by atoms with van der Waals surface area (Å²) in [6, 6.07) is 7.98. The number of hydroxylamine groups is 1. The summed E-state index contributed by atoms with van der Waals surface area (Å²) in [6.07, 6.45) is 1.81. The zero-order valence-electron chi connectivity index (χ0n) is 16.8. The van der Waals surface area contributed by atoms with Crippen molar-refractivity contribution in [3.8, 4) is 22.1 Å². The second-order valence-electron chi connectivity index (χ2n) is 6.76. The van der Waals surface area contributed by atoms with Gasteiger partial charge in [0.05, 0.1) is 22.6 Å². The van der Waals surface area contributed by atoms with Crippen molar-refractivity contribution in [2.45, 2.75) is 19.9 Å². The van der Waals surface area contributed by atoms with Crippen LogP contribution in [0.2, 0.25) is 0 Å². The number of rotatable bonds is 6. The molecule has 3 heterocycles. The minimum atomic E-state index is -0.290. The molecular formula is C21H21FN4O3S. The SMILES string of the molecule is COc1nc(C2=N[C@@H](COc3ccc(F)cc3C)CON2)ccc1-c1cnc(C)s1. The first-order valence-electron chi connectivity index (χ1n) is 9.36. The summed E-state index contributed by atoms with van der Waals surface area (Å²) < 4.78 is 24.5. The smallest absolute Gasteiger partial charge is 0.222 e. The van der Waals surface area contributed by atoms with Crippen molar-refractivity contribution in [2.75, 3.05) is 20.3 Å². The average Bonchev–Trinajstić information content (AvgIpc) is 3.19. The first kappa shape index (κ1) is 20.2. The second kappa shape index (κ2) is 8.76. The van der Waals surface area contributed by atoms with Crippen molar-refractivity contribution in [3.63, 3.8) is 0 Å². The lowest BCUT2D eigenvalue weighted by atomic mass is 10.2. The summed E-state index contributed by atoms with van der Waals surface area (Å²) in [4.78, 5) is 20.0. The molecule has 1 N–H and O–H groups in total. The zero-order chi connectivity index (χ0) is 21.1. The maximum atomic E-state index is 13.3. The predicted molar refractivity (Wildman–Crippen MR) is 113 cm³/mol. The number of halogens is 1. The number of aromatic nitrogens is 2. The van der Waals surface area contributed by atoms with E-state index in [1.807, 2.05) is 25.3 Å². The summed E-state index contributed by atoms with van der Waals surface area (Å²) in [7, 11) is 1.58. The Kier molecular flexibility index (Phi) is 5.91. The van der Waals surface area contributed by atoms with Crippen molar-refractivity contribution in [1.82, 2.24) is 15.4 Å². The number of amidine groups is 1. The van der Waals surface area contributed by atoms with Gasteiger partial charge in [-0.05, 0) is 49.7 Å². The van der Waals surface area contributed by atoms with Crippen molar-refractivity contribution < 1.29 is 18.7 Å². The number of aliphatic imine (C=N–C) groups is 1. The van der Waals surface area contributed by atoms with Crippen LogP contribution < -0.4 is 15.0 Å². The van der Waals surface area contributed by atoms with Crippen LogP contribution in [-0.4, -0.2) is 42.2 Å². The molecule has 0 fully saturated rings. The van der Waals surface area contributed by atoms with Crippen LogP contribution in [0.5, 0.6) is 11.6 Å². The number of ether oxygens (including phenoxy) is 2. The van der Waals surface area contributed by atoms with Crippen LogP contribution in [0.1, 0.15) is 16.3 Å².